The summed E-state index contributed by atoms with van der Waals surface area (Å²) in [5.74, 6) is 0.0263. The molecule has 0 aliphatic rings. The highest BCUT2D eigenvalue weighted by molar-refractivity contribution is 6.28. The first-order chi connectivity index (χ1) is 8.06. The lowest BCUT2D eigenvalue weighted by Gasteiger charge is -2.16. The lowest BCUT2D eigenvalue weighted by molar-refractivity contribution is 0.628. The zero-order chi connectivity index (χ0) is 12.4. The summed E-state index contributed by atoms with van der Waals surface area (Å²) < 4.78 is 12.8. The molecule has 0 bridgehead atoms. The third-order valence-electron chi connectivity index (χ3n) is 2.13. The topological polar surface area (TPSA) is 67.9 Å². The summed E-state index contributed by atoms with van der Waals surface area (Å²) in [4.78, 5) is 13.2. The summed E-state index contributed by atoms with van der Waals surface area (Å²) in [5, 5.41) is 0.0152. The van der Waals surface area contributed by atoms with Crippen LogP contribution in [0.15, 0.2) is 24.3 Å². The van der Waals surface area contributed by atoms with Crippen LogP contribution in [0.5, 0.6) is 0 Å². The Hall–Kier alpha value is -1.95. The van der Waals surface area contributed by atoms with Crippen LogP contribution >= 0.6 is 11.6 Å². The van der Waals surface area contributed by atoms with E-state index in [2.05, 4.69) is 15.0 Å². The Kier molecular flexibility index (Phi) is 3.06. The Morgan fingerprint density at radius 2 is 1.82 bits per heavy atom. The third kappa shape index (κ3) is 2.59. The molecule has 1 heterocycles. The highest BCUT2D eigenvalue weighted by Gasteiger charge is 2.09. The fourth-order valence-corrected chi connectivity index (χ4v) is 1.45. The van der Waals surface area contributed by atoms with Gasteiger partial charge in [-0.1, -0.05) is 0 Å². The van der Waals surface area contributed by atoms with Crippen molar-refractivity contribution in [3.8, 4) is 0 Å². The maximum atomic E-state index is 12.8. The Labute approximate surface area is 102 Å². The summed E-state index contributed by atoms with van der Waals surface area (Å²) in [6.45, 7) is 0. The third-order valence-corrected chi connectivity index (χ3v) is 2.30. The molecule has 5 nitrogen and oxygen atoms in total. The molecule has 0 aliphatic heterocycles. The van der Waals surface area contributed by atoms with Gasteiger partial charge in [-0.2, -0.15) is 15.0 Å². The first-order valence-corrected chi connectivity index (χ1v) is 5.10. The number of hydrogen-bond donors (Lipinski definition) is 1. The first-order valence-electron chi connectivity index (χ1n) is 4.72. The fraction of sp³-hybridized carbons (Fsp3) is 0.100. The standard InChI is InChI=1S/C10H9ClFN5/c1-17(7-4-2-6(12)3-5-7)10-15-8(11)14-9(13)16-10/h2-5H,1H3,(H2,13,14,15,16). The van der Waals surface area contributed by atoms with Gasteiger partial charge < -0.3 is 10.6 Å². The van der Waals surface area contributed by atoms with Crippen LogP contribution in [0.1, 0.15) is 0 Å². The van der Waals surface area contributed by atoms with Crippen molar-refractivity contribution in [2.75, 3.05) is 17.7 Å². The average molecular weight is 254 g/mol. The predicted molar refractivity (Wildman–Crippen MR) is 63.7 cm³/mol. The molecule has 7 heteroatoms. The number of nitrogen functional groups attached to an aromatic ring is 1. The minimum Gasteiger partial charge on any atom is -0.368 e. The number of nitrogens with two attached hydrogens (primary N) is 1. The molecule has 0 radical (unpaired) electrons. The Morgan fingerprint density at radius 1 is 1.18 bits per heavy atom. The number of halogens is 2. The van der Waals surface area contributed by atoms with Gasteiger partial charge >= 0.3 is 0 Å². The molecule has 0 saturated carbocycles. The number of anilines is 3. The van der Waals surface area contributed by atoms with E-state index < -0.39 is 0 Å². The highest BCUT2D eigenvalue weighted by atomic mass is 35.5. The first kappa shape index (κ1) is 11.5. The van der Waals surface area contributed by atoms with Gasteiger partial charge in [0.1, 0.15) is 5.82 Å². The molecule has 0 aliphatic carbocycles. The van der Waals surface area contributed by atoms with Crippen molar-refractivity contribution in [1.29, 1.82) is 0 Å². The molecule has 0 atom stereocenters. The summed E-state index contributed by atoms with van der Waals surface area (Å²) in [7, 11) is 1.72. The largest absolute Gasteiger partial charge is 0.368 e. The van der Waals surface area contributed by atoms with Crippen molar-refractivity contribution in [3.05, 3.63) is 35.4 Å². The van der Waals surface area contributed by atoms with Crippen LogP contribution < -0.4 is 10.6 Å². The van der Waals surface area contributed by atoms with E-state index in [0.29, 0.717) is 11.6 Å². The molecule has 0 fully saturated rings. The Balaban J connectivity index is 2.36. The van der Waals surface area contributed by atoms with Crippen molar-refractivity contribution in [2.45, 2.75) is 0 Å². The number of nitrogens with zero attached hydrogens (tertiary/aromatic N) is 4. The number of rotatable bonds is 2. The quantitative estimate of drug-likeness (QED) is 0.887. The predicted octanol–water partition coefficient (Wildman–Crippen LogP) is 2.01. The van der Waals surface area contributed by atoms with Gasteiger partial charge in [-0.3, -0.25) is 0 Å². The van der Waals surface area contributed by atoms with Crippen molar-refractivity contribution in [3.63, 3.8) is 0 Å². The molecule has 88 valence electrons. The van der Waals surface area contributed by atoms with Crippen molar-refractivity contribution < 1.29 is 4.39 Å². The molecule has 2 N–H and O–H groups in total. The SMILES string of the molecule is CN(c1ccc(F)cc1)c1nc(N)nc(Cl)n1. The van der Waals surface area contributed by atoms with Gasteiger partial charge in [-0.25, -0.2) is 4.39 Å². The van der Waals surface area contributed by atoms with Crippen LogP contribution in [0.2, 0.25) is 5.28 Å². The van der Waals surface area contributed by atoms with Gasteiger partial charge in [0.2, 0.25) is 17.2 Å². The van der Waals surface area contributed by atoms with Gasteiger partial charge in [-0.15, -0.1) is 0 Å². The molecule has 2 rings (SSSR count). The summed E-state index contributed by atoms with van der Waals surface area (Å²) in [5.41, 5.74) is 6.18. The fourth-order valence-electron chi connectivity index (χ4n) is 1.28. The monoisotopic (exact) mass is 253 g/mol. The van der Waals surface area contributed by atoms with Crippen molar-refractivity contribution in [2.24, 2.45) is 0 Å². The maximum Gasteiger partial charge on any atom is 0.235 e. The minimum absolute atomic E-state index is 0.0152. The minimum atomic E-state index is -0.310. The average Bonchev–Trinajstić information content (AvgIpc) is 2.28. The van der Waals surface area contributed by atoms with Crippen molar-refractivity contribution in [1.82, 2.24) is 15.0 Å². The van der Waals surface area contributed by atoms with Crippen LogP contribution in [0.4, 0.5) is 22.0 Å². The van der Waals surface area contributed by atoms with Gasteiger partial charge in [0.25, 0.3) is 0 Å². The van der Waals surface area contributed by atoms with E-state index in [4.69, 9.17) is 17.3 Å². The molecule has 0 unspecified atom stereocenters. The molecule has 0 spiro atoms. The van der Waals surface area contributed by atoms with Crippen molar-refractivity contribution >= 4 is 29.2 Å². The van der Waals surface area contributed by atoms with E-state index in [-0.39, 0.29) is 17.0 Å². The lowest BCUT2D eigenvalue weighted by Crippen LogP contribution is -2.14. The van der Waals surface area contributed by atoms with E-state index in [9.17, 15) is 4.39 Å². The molecule has 1 aromatic carbocycles. The molecule has 2 aromatic rings. The molecule has 0 amide bonds. The van der Waals surface area contributed by atoms with E-state index >= 15 is 0 Å². The highest BCUT2D eigenvalue weighted by Crippen LogP contribution is 2.21. The summed E-state index contributed by atoms with van der Waals surface area (Å²) in [6.07, 6.45) is 0. The second-order valence-corrected chi connectivity index (χ2v) is 3.64. The summed E-state index contributed by atoms with van der Waals surface area (Å²) in [6, 6.07) is 5.89. The molecule has 1 aromatic heterocycles. The molecular weight excluding hydrogens is 245 g/mol. The zero-order valence-electron chi connectivity index (χ0n) is 8.93. The number of benzene rings is 1. The number of aromatic nitrogens is 3. The van der Waals surface area contributed by atoms with E-state index in [1.54, 1.807) is 24.1 Å². The Morgan fingerprint density at radius 3 is 2.41 bits per heavy atom. The van der Waals surface area contributed by atoms with Gasteiger partial charge in [-0.05, 0) is 35.9 Å². The van der Waals surface area contributed by atoms with Crippen LogP contribution in [-0.2, 0) is 0 Å². The van der Waals surface area contributed by atoms with E-state index in [1.807, 2.05) is 0 Å². The van der Waals surface area contributed by atoms with E-state index in [1.165, 1.54) is 12.1 Å². The van der Waals surface area contributed by atoms with Crippen LogP contribution in [0, 0.1) is 5.82 Å². The second-order valence-electron chi connectivity index (χ2n) is 3.30. The van der Waals surface area contributed by atoms with Crippen LogP contribution in [0.25, 0.3) is 0 Å². The molecule has 0 saturated heterocycles. The van der Waals surface area contributed by atoms with Gasteiger partial charge in [0.05, 0.1) is 0 Å². The van der Waals surface area contributed by atoms with Crippen LogP contribution in [-0.4, -0.2) is 22.0 Å². The Bertz CT molecular complexity index is 510. The maximum absolute atomic E-state index is 12.8. The zero-order valence-corrected chi connectivity index (χ0v) is 9.69. The van der Waals surface area contributed by atoms with E-state index in [0.717, 1.165) is 0 Å². The van der Waals surface area contributed by atoms with Gasteiger partial charge in [0, 0.05) is 12.7 Å². The smallest absolute Gasteiger partial charge is 0.235 e. The molecule has 17 heavy (non-hydrogen) atoms. The normalized spacial score (nSPS) is 10.3. The number of hydrogen-bond acceptors (Lipinski definition) is 5. The second kappa shape index (κ2) is 4.50. The van der Waals surface area contributed by atoms with Crippen LogP contribution in [0.3, 0.4) is 0 Å². The molecular formula is C10H9ClFN5. The van der Waals surface area contributed by atoms with Gasteiger partial charge in [0.15, 0.2) is 0 Å². The summed E-state index contributed by atoms with van der Waals surface area (Å²) >= 11 is 5.68. The lowest BCUT2D eigenvalue weighted by atomic mass is 10.3.